The molecule has 0 saturated heterocycles. The van der Waals surface area contributed by atoms with Crippen LogP contribution in [0.25, 0.3) is 5.95 Å². The normalized spacial score (nSPS) is 10.6. The van der Waals surface area contributed by atoms with Gasteiger partial charge >= 0.3 is 0 Å². The highest BCUT2D eigenvalue weighted by Gasteiger charge is 2.03. The summed E-state index contributed by atoms with van der Waals surface area (Å²) in [5, 5.41) is 4.16. The van der Waals surface area contributed by atoms with E-state index in [1.165, 1.54) is 12.8 Å². The maximum absolute atomic E-state index is 4.27. The second kappa shape index (κ2) is 4.09. The van der Waals surface area contributed by atoms with Crippen LogP contribution in [0.1, 0.15) is 19.8 Å². The van der Waals surface area contributed by atoms with E-state index < -0.39 is 0 Å². The summed E-state index contributed by atoms with van der Waals surface area (Å²) in [6.45, 7) is 3.19. The fourth-order valence-corrected chi connectivity index (χ4v) is 1.40. The van der Waals surface area contributed by atoms with Crippen LogP contribution in [0, 0.1) is 0 Å². The van der Waals surface area contributed by atoms with Gasteiger partial charge in [0.2, 0.25) is 5.95 Å². The van der Waals surface area contributed by atoms with Gasteiger partial charge in [0.15, 0.2) is 0 Å². The number of unbranched alkanes of at least 4 members (excludes halogenated alkanes) is 1. The van der Waals surface area contributed by atoms with E-state index >= 15 is 0 Å². The van der Waals surface area contributed by atoms with Crippen molar-refractivity contribution in [2.24, 2.45) is 0 Å². The molecular weight excluding hydrogens is 176 g/mol. The highest BCUT2D eigenvalue weighted by Crippen LogP contribution is 2.05. The molecule has 2 heterocycles. The van der Waals surface area contributed by atoms with E-state index in [4.69, 9.17) is 0 Å². The molecule has 0 atom stereocenters. The van der Waals surface area contributed by atoms with E-state index in [0.717, 1.165) is 12.5 Å². The first kappa shape index (κ1) is 8.99. The Labute approximate surface area is 83.2 Å². The Morgan fingerprint density at radius 3 is 2.93 bits per heavy atom. The van der Waals surface area contributed by atoms with Crippen molar-refractivity contribution in [1.29, 1.82) is 0 Å². The summed E-state index contributed by atoms with van der Waals surface area (Å²) < 4.78 is 3.91. The molecule has 4 heteroatoms. The van der Waals surface area contributed by atoms with Crippen molar-refractivity contribution in [2.45, 2.75) is 26.3 Å². The number of imidazole rings is 1. The molecule has 0 unspecified atom stereocenters. The van der Waals surface area contributed by atoms with Gasteiger partial charge in [-0.2, -0.15) is 5.10 Å². The molecule has 4 nitrogen and oxygen atoms in total. The van der Waals surface area contributed by atoms with E-state index in [2.05, 4.69) is 21.6 Å². The maximum atomic E-state index is 4.27. The van der Waals surface area contributed by atoms with Gasteiger partial charge in [-0.25, -0.2) is 9.67 Å². The monoisotopic (exact) mass is 190 g/mol. The summed E-state index contributed by atoms with van der Waals surface area (Å²) in [6.07, 6.45) is 9.84. The molecule has 0 aliphatic heterocycles. The zero-order chi connectivity index (χ0) is 9.80. The second-order valence-corrected chi connectivity index (χ2v) is 3.22. The summed E-state index contributed by atoms with van der Waals surface area (Å²) in [5.74, 6) is 0.892. The van der Waals surface area contributed by atoms with Crippen molar-refractivity contribution in [3.05, 3.63) is 30.9 Å². The van der Waals surface area contributed by atoms with E-state index in [1.807, 2.05) is 24.7 Å². The van der Waals surface area contributed by atoms with Crippen LogP contribution in [-0.4, -0.2) is 19.3 Å². The minimum absolute atomic E-state index is 0.892. The molecule has 0 saturated carbocycles. The lowest BCUT2D eigenvalue weighted by atomic mass is 10.3. The van der Waals surface area contributed by atoms with Crippen molar-refractivity contribution >= 4 is 0 Å². The maximum Gasteiger partial charge on any atom is 0.230 e. The van der Waals surface area contributed by atoms with Gasteiger partial charge in [0, 0.05) is 31.3 Å². The van der Waals surface area contributed by atoms with Crippen LogP contribution < -0.4 is 0 Å². The van der Waals surface area contributed by atoms with Gasteiger partial charge in [0.05, 0.1) is 0 Å². The summed E-state index contributed by atoms with van der Waals surface area (Å²) in [5.41, 5.74) is 0. The molecule has 0 aromatic carbocycles. The molecule has 0 fully saturated rings. The quantitative estimate of drug-likeness (QED) is 0.737. The highest BCUT2D eigenvalue weighted by atomic mass is 15.4. The average molecular weight is 190 g/mol. The lowest BCUT2D eigenvalue weighted by molar-refractivity contribution is 0.604. The fraction of sp³-hybridized carbons (Fsp3) is 0.400. The molecular formula is C10H14N4. The van der Waals surface area contributed by atoms with E-state index in [1.54, 1.807) is 10.9 Å². The molecule has 0 aliphatic rings. The van der Waals surface area contributed by atoms with Crippen LogP contribution in [0.5, 0.6) is 0 Å². The first-order chi connectivity index (χ1) is 6.92. The Morgan fingerprint density at radius 2 is 2.21 bits per heavy atom. The number of hydrogen-bond donors (Lipinski definition) is 0. The molecule has 0 spiro atoms. The minimum Gasteiger partial charge on any atom is -0.316 e. The van der Waals surface area contributed by atoms with Gasteiger partial charge in [-0.1, -0.05) is 13.3 Å². The summed E-state index contributed by atoms with van der Waals surface area (Å²) >= 11 is 0. The highest BCUT2D eigenvalue weighted by molar-refractivity contribution is 5.11. The topological polar surface area (TPSA) is 35.6 Å². The molecule has 2 aromatic rings. The van der Waals surface area contributed by atoms with Crippen molar-refractivity contribution in [1.82, 2.24) is 19.3 Å². The van der Waals surface area contributed by atoms with Crippen molar-refractivity contribution in [2.75, 3.05) is 0 Å². The Balaban J connectivity index is 2.22. The van der Waals surface area contributed by atoms with Crippen LogP contribution in [0.3, 0.4) is 0 Å². The molecule has 14 heavy (non-hydrogen) atoms. The smallest absolute Gasteiger partial charge is 0.230 e. The lowest BCUT2D eigenvalue weighted by Gasteiger charge is -2.05. The zero-order valence-corrected chi connectivity index (χ0v) is 8.30. The van der Waals surface area contributed by atoms with Gasteiger partial charge < -0.3 is 4.57 Å². The Kier molecular flexibility index (Phi) is 2.62. The van der Waals surface area contributed by atoms with Crippen LogP contribution in [-0.2, 0) is 6.54 Å². The molecule has 0 amide bonds. The predicted molar refractivity (Wildman–Crippen MR) is 54.3 cm³/mol. The zero-order valence-electron chi connectivity index (χ0n) is 8.30. The Hall–Kier alpha value is -1.58. The fourth-order valence-electron chi connectivity index (χ4n) is 1.40. The summed E-state index contributed by atoms with van der Waals surface area (Å²) in [6, 6.07) is 1.90. The van der Waals surface area contributed by atoms with Crippen molar-refractivity contribution < 1.29 is 0 Å². The minimum atomic E-state index is 0.892. The first-order valence-electron chi connectivity index (χ1n) is 4.93. The third-order valence-corrected chi connectivity index (χ3v) is 2.16. The molecule has 2 rings (SSSR count). The molecule has 0 N–H and O–H groups in total. The Morgan fingerprint density at radius 1 is 1.29 bits per heavy atom. The summed E-state index contributed by atoms with van der Waals surface area (Å²) in [7, 11) is 0. The van der Waals surface area contributed by atoms with Crippen molar-refractivity contribution in [3.63, 3.8) is 0 Å². The number of rotatable bonds is 4. The molecule has 2 aromatic heterocycles. The van der Waals surface area contributed by atoms with Gasteiger partial charge in [-0.15, -0.1) is 0 Å². The SMILES string of the molecule is CCCCn1ccnc1-n1cccn1. The van der Waals surface area contributed by atoms with Gasteiger partial charge in [-0.05, 0) is 12.5 Å². The third kappa shape index (κ3) is 1.69. The standard InChI is InChI=1S/C10H14N4/c1-2-3-7-13-9-6-11-10(13)14-8-4-5-12-14/h4-6,8-9H,2-3,7H2,1H3. The number of aromatic nitrogens is 4. The largest absolute Gasteiger partial charge is 0.316 e. The van der Waals surface area contributed by atoms with E-state index in [0.29, 0.717) is 0 Å². The van der Waals surface area contributed by atoms with E-state index in [-0.39, 0.29) is 0 Å². The van der Waals surface area contributed by atoms with Gasteiger partial charge in [0.1, 0.15) is 0 Å². The van der Waals surface area contributed by atoms with Crippen LogP contribution in [0.15, 0.2) is 30.9 Å². The van der Waals surface area contributed by atoms with E-state index in [9.17, 15) is 0 Å². The number of nitrogens with zero attached hydrogens (tertiary/aromatic N) is 4. The van der Waals surface area contributed by atoms with Crippen LogP contribution in [0.2, 0.25) is 0 Å². The lowest BCUT2D eigenvalue weighted by Crippen LogP contribution is -2.06. The molecule has 74 valence electrons. The predicted octanol–water partition coefficient (Wildman–Crippen LogP) is 1.87. The van der Waals surface area contributed by atoms with Gasteiger partial charge in [-0.3, -0.25) is 0 Å². The first-order valence-corrected chi connectivity index (χ1v) is 4.93. The number of aryl methyl sites for hydroxylation is 1. The van der Waals surface area contributed by atoms with Crippen LogP contribution in [0.4, 0.5) is 0 Å². The number of hydrogen-bond acceptors (Lipinski definition) is 2. The average Bonchev–Trinajstić information content (AvgIpc) is 2.84. The second-order valence-electron chi connectivity index (χ2n) is 3.22. The van der Waals surface area contributed by atoms with Gasteiger partial charge in [0.25, 0.3) is 0 Å². The summed E-state index contributed by atoms with van der Waals surface area (Å²) in [4.78, 5) is 4.27. The Bertz CT molecular complexity index is 374. The molecule has 0 bridgehead atoms. The molecule has 0 aliphatic carbocycles. The third-order valence-electron chi connectivity index (χ3n) is 2.16. The van der Waals surface area contributed by atoms with Crippen LogP contribution >= 0.6 is 0 Å². The van der Waals surface area contributed by atoms with Crippen molar-refractivity contribution in [3.8, 4) is 5.95 Å². The molecule has 0 radical (unpaired) electrons.